The van der Waals surface area contributed by atoms with Crippen molar-refractivity contribution in [3.05, 3.63) is 114 Å². The van der Waals surface area contributed by atoms with Crippen LogP contribution in [0.5, 0.6) is 0 Å². The molecular weight excluding hydrogens is 344 g/mol. The molecule has 0 bridgehead atoms. The molecule has 0 unspecified atom stereocenters. The molecule has 0 saturated carbocycles. The lowest BCUT2D eigenvalue weighted by molar-refractivity contribution is -0.140. The van der Waals surface area contributed by atoms with Gasteiger partial charge in [0, 0.05) is 5.57 Å². The Morgan fingerprint density at radius 1 is 0.786 bits per heavy atom. The first-order chi connectivity index (χ1) is 13.6. The zero-order valence-corrected chi connectivity index (χ0v) is 16.4. The van der Waals surface area contributed by atoms with Crippen molar-refractivity contribution in [2.75, 3.05) is 0 Å². The summed E-state index contributed by atoms with van der Waals surface area (Å²) in [6.45, 7) is 4.25. The van der Waals surface area contributed by atoms with Crippen molar-refractivity contribution in [3.63, 3.8) is 0 Å². The molecule has 0 radical (unpaired) electrons. The Morgan fingerprint density at radius 3 is 1.71 bits per heavy atom. The Bertz CT molecular complexity index is 855. The van der Waals surface area contributed by atoms with Gasteiger partial charge in [-0.1, -0.05) is 105 Å². The molecule has 0 aromatic heterocycles. The quantitative estimate of drug-likeness (QED) is 0.353. The van der Waals surface area contributed by atoms with E-state index < -0.39 is 0 Å². The monoisotopic (exact) mass is 370 g/mol. The second-order valence-electron chi connectivity index (χ2n) is 7.29. The van der Waals surface area contributed by atoms with E-state index in [1.165, 1.54) is 0 Å². The van der Waals surface area contributed by atoms with Crippen LogP contribution in [0.1, 0.15) is 42.9 Å². The molecule has 0 spiro atoms. The van der Waals surface area contributed by atoms with Gasteiger partial charge >= 0.3 is 5.97 Å². The number of hydrogen-bond donors (Lipinski definition) is 0. The minimum Gasteiger partial charge on any atom is -0.433 e. The van der Waals surface area contributed by atoms with Crippen molar-refractivity contribution < 1.29 is 9.53 Å². The van der Waals surface area contributed by atoms with Crippen LogP contribution < -0.4 is 0 Å². The molecule has 0 aliphatic carbocycles. The van der Waals surface area contributed by atoms with Crippen LogP contribution in [-0.2, 0) is 9.53 Å². The minimum absolute atomic E-state index is 0.218. The molecule has 0 N–H and O–H groups in total. The third-order valence-electron chi connectivity index (χ3n) is 4.66. The van der Waals surface area contributed by atoms with Crippen molar-refractivity contribution in [2.24, 2.45) is 5.92 Å². The average molecular weight is 370 g/mol. The molecule has 0 aliphatic heterocycles. The Kier molecular flexibility index (Phi) is 6.80. The molecule has 3 rings (SSSR count). The summed E-state index contributed by atoms with van der Waals surface area (Å²) in [5.74, 6) is -0.0982. The first-order valence-electron chi connectivity index (χ1n) is 9.71. The van der Waals surface area contributed by atoms with Crippen LogP contribution in [0.15, 0.2) is 97.3 Å². The lowest BCUT2D eigenvalue weighted by Gasteiger charge is -2.18. The van der Waals surface area contributed by atoms with Crippen LogP contribution in [0, 0.1) is 5.92 Å². The SMILES string of the molecule is CC(C)C[C@H](C(=O)OC=C(c1ccccc1)c1ccccc1)c1ccccc1. The Hall–Kier alpha value is -3.13. The summed E-state index contributed by atoms with van der Waals surface area (Å²) in [5, 5.41) is 0. The van der Waals surface area contributed by atoms with Crippen LogP contribution in [-0.4, -0.2) is 5.97 Å². The standard InChI is InChI=1S/C26H26O2/c1-20(2)18-24(21-12-6-3-7-13-21)26(27)28-19-25(22-14-8-4-9-15-22)23-16-10-5-11-17-23/h3-17,19-20,24H,18H2,1-2H3/t24-/m0/s1. The van der Waals surface area contributed by atoms with Gasteiger partial charge in [0.05, 0.1) is 5.92 Å². The maximum absolute atomic E-state index is 13.0. The van der Waals surface area contributed by atoms with Gasteiger partial charge in [-0.05, 0) is 29.0 Å². The van der Waals surface area contributed by atoms with E-state index in [4.69, 9.17) is 4.74 Å². The Labute approximate surface area is 167 Å². The number of carbonyl (C=O) groups is 1. The van der Waals surface area contributed by atoms with E-state index in [0.29, 0.717) is 5.92 Å². The molecule has 2 nitrogen and oxygen atoms in total. The normalized spacial score (nSPS) is 11.7. The fraction of sp³-hybridized carbons (Fsp3) is 0.192. The minimum atomic E-state index is -0.273. The number of ether oxygens (including phenoxy) is 1. The molecule has 3 aromatic carbocycles. The topological polar surface area (TPSA) is 26.3 Å². The predicted octanol–water partition coefficient (Wildman–Crippen LogP) is 6.45. The van der Waals surface area contributed by atoms with E-state index >= 15 is 0 Å². The molecule has 0 aliphatic rings. The van der Waals surface area contributed by atoms with Gasteiger partial charge in [-0.3, -0.25) is 4.79 Å². The summed E-state index contributed by atoms with van der Waals surface area (Å²) < 4.78 is 5.73. The molecule has 0 heterocycles. The highest BCUT2D eigenvalue weighted by Gasteiger charge is 2.23. The van der Waals surface area contributed by atoms with Crippen LogP contribution in [0.3, 0.4) is 0 Å². The van der Waals surface area contributed by atoms with Gasteiger partial charge in [0.15, 0.2) is 0 Å². The van der Waals surface area contributed by atoms with E-state index in [-0.39, 0.29) is 11.9 Å². The molecule has 2 heteroatoms. The molecule has 142 valence electrons. The summed E-state index contributed by atoms with van der Waals surface area (Å²) in [7, 11) is 0. The second kappa shape index (κ2) is 9.70. The molecule has 1 atom stereocenters. The highest BCUT2D eigenvalue weighted by molar-refractivity contribution is 5.83. The maximum Gasteiger partial charge on any atom is 0.318 e. The van der Waals surface area contributed by atoms with E-state index in [1.807, 2.05) is 91.0 Å². The fourth-order valence-electron chi connectivity index (χ4n) is 3.26. The van der Waals surface area contributed by atoms with Gasteiger partial charge in [-0.25, -0.2) is 0 Å². The zero-order valence-electron chi connectivity index (χ0n) is 16.4. The predicted molar refractivity (Wildman–Crippen MR) is 115 cm³/mol. The summed E-state index contributed by atoms with van der Waals surface area (Å²) in [6, 6.07) is 29.9. The van der Waals surface area contributed by atoms with Crippen molar-refractivity contribution in [1.82, 2.24) is 0 Å². The largest absolute Gasteiger partial charge is 0.433 e. The van der Waals surface area contributed by atoms with Crippen LogP contribution in [0.25, 0.3) is 5.57 Å². The molecule has 28 heavy (non-hydrogen) atoms. The summed E-state index contributed by atoms with van der Waals surface area (Å²) >= 11 is 0. The van der Waals surface area contributed by atoms with Crippen LogP contribution in [0.2, 0.25) is 0 Å². The third kappa shape index (κ3) is 5.20. The number of rotatable bonds is 7. The van der Waals surface area contributed by atoms with Crippen molar-refractivity contribution >= 4 is 11.5 Å². The average Bonchev–Trinajstić information content (AvgIpc) is 2.74. The van der Waals surface area contributed by atoms with Gasteiger partial charge in [0.1, 0.15) is 6.26 Å². The highest BCUT2D eigenvalue weighted by atomic mass is 16.5. The van der Waals surface area contributed by atoms with E-state index in [9.17, 15) is 4.79 Å². The Morgan fingerprint density at radius 2 is 1.25 bits per heavy atom. The third-order valence-corrected chi connectivity index (χ3v) is 4.66. The van der Waals surface area contributed by atoms with Crippen LogP contribution >= 0.6 is 0 Å². The zero-order chi connectivity index (χ0) is 19.8. The molecule has 0 fully saturated rings. The Balaban J connectivity index is 1.89. The number of benzene rings is 3. The molecular formula is C26H26O2. The summed E-state index contributed by atoms with van der Waals surface area (Å²) in [4.78, 5) is 13.0. The van der Waals surface area contributed by atoms with Crippen LogP contribution in [0.4, 0.5) is 0 Å². The number of esters is 1. The van der Waals surface area contributed by atoms with Gasteiger partial charge in [-0.15, -0.1) is 0 Å². The van der Waals surface area contributed by atoms with E-state index in [1.54, 1.807) is 6.26 Å². The lowest BCUT2D eigenvalue weighted by atomic mass is 9.90. The number of carbonyl (C=O) groups excluding carboxylic acids is 1. The first kappa shape index (κ1) is 19.6. The van der Waals surface area contributed by atoms with Gasteiger partial charge in [-0.2, -0.15) is 0 Å². The smallest absolute Gasteiger partial charge is 0.318 e. The number of hydrogen-bond acceptors (Lipinski definition) is 2. The molecule has 3 aromatic rings. The van der Waals surface area contributed by atoms with Gasteiger partial charge in [0.2, 0.25) is 0 Å². The van der Waals surface area contributed by atoms with Crippen molar-refractivity contribution in [1.29, 1.82) is 0 Å². The highest BCUT2D eigenvalue weighted by Crippen LogP contribution is 2.27. The van der Waals surface area contributed by atoms with Crippen molar-refractivity contribution in [2.45, 2.75) is 26.2 Å². The molecule has 0 saturated heterocycles. The molecule has 0 amide bonds. The van der Waals surface area contributed by atoms with E-state index in [2.05, 4.69) is 13.8 Å². The second-order valence-corrected chi connectivity index (χ2v) is 7.29. The van der Waals surface area contributed by atoms with Gasteiger partial charge < -0.3 is 4.74 Å². The van der Waals surface area contributed by atoms with Crippen molar-refractivity contribution in [3.8, 4) is 0 Å². The maximum atomic E-state index is 13.0. The van der Waals surface area contributed by atoms with E-state index in [0.717, 1.165) is 28.7 Å². The lowest BCUT2D eigenvalue weighted by Crippen LogP contribution is -2.16. The summed E-state index contributed by atoms with van der Waals surface area (Å²) in [5.41, 5.74) is 3.92. The fourth-order valence-corrected chi connectivity index (χ4v) is 3.26. The van der Waals surface area contributed by atoms with Gasteiger partial charge in [0.25, 0.3) is 0 Å². The summed E-state index contributed by atoms with van der Waals surface area (Å²) in [6.07, 6.45) is 2.35. The first-order valence-corrected chi connectivity index (χ1v) is 9.71.